The number of amides is 1. The van der Waals surface area contributed by atoms with E-state index in [9.17, 15) is 13.2 Å². The van der Waals surface area contributed by atoms with Crippen molar-refractivity contribution in [2.45, 2.75) is 16.8 Å². The van der Waals surface area contributed by atoms with Crippen LogP contribution in [0.4, 0.5) is 5.69 Å². The number of hydrogen-bond donors (Lipinski definition) is 1. The predicted molar refractivity (Wildman–Crippen MR) is 130 cm³/mol. The Kier molecular flexibility index (Phi) is 8.42. The van der Waals surface area contributed by atoms with E-state index in [1.807, 2.05) is 25.1 Å². The third-order valence-corrected chi connectivity index (χ3v) is 7.51. The Labute approximate surface area is 202 Å². The van der Waals surface area contributed by atoms with E-state index in [1.54, 1.807) is 18.3 Å². The fourth-order valence-electron chi connectivity index (χ4n) is 2.80. The van der Waals surface area contributed by atoms with E-state index in [0.717, 1.165) is 14.9 Å². The number of halogens is 2. The molecule has 10 heteroatoms. The van der Waals surface area contributed by atoms with Gasteiger partial charge >= 0.3 is 0 Å². The highest BCUT2D eigenvalue weighted by Gasteiger charge is 2.27. The second-order valence-corrected chi connectivity index (χ2v) is 10.7. The number of benzene rings is 2. The van der Waals surface area contributed by atoms with Gasteiger partial charge in [-0.3, -0.25) is 9.10 Å². The molecular weight excluding hydrogens is 489 g/mol. The molecule has 0 unspecified atom stereocenters. The van der Waals surface area contributed by atoms with Gasteiger partial charge in [-0.05, 0) is 49.4 Å². The summed E-state index contributed by atoms with van der Waals surface area (Å²) in [7, 11) is -4.03. The lowest BCUT2D eigenvalue weighted by molar-refractivity contribution is -0.119. The summed E-state index contributed by atoms with van der Waals surface area (Å²) in [5.41, 5.74) is 1.13. The van der Waals surface area contributed by atoms with Crippen molar-refractivity contribution in [3.8, 4) is 0 Å². The first kappa shape index (κ1) is 24.4. The number of pyridine rings is 1. The monoisotopic (exact) mass is 509 g/mol. The zero-order valence-electron chi connectivity index (χ0n) is 17.2. The van der Waals surface area contributed by atoms with Gasteiger partial charge in [0, 0.05) is 28.5 Å². The minimum absolute atomic E-state index is 0.0673. The normalized spacial score (nSPS) is 11.2. The number of aromatic nitrogens is 1. The van der Waals surface area contributed by atoms with Crippen molar-refractivity contribution >= 4 is 56.6 Å². The van der Waals surface area contributed by atoms with Crippen LogP contribution in [0.15, 0.2) is 76.8 Å². The summed E-state index contributed by atoms with van der Waals surface area (Å²) in [5, 5.41) is 4.14. The second-order valence-electron chi connectivity index (χ2n) is 6.82. The van der Waals surface area contributed by atoms with Crippen molar-refractivity contribution in [3.05, 3.63) is 82.5 Å². The molecule has 0 bridgehead atoms. The summed E-state index contributed by atoms with van der Waals surface area (Å²) in [5.74, 6) is 0.148. The van der Waals surface area contributed by atoms with Gasteiger partial charge in [0.25, 0.3) is 10.0 Å². The van der Waals surface area contributed by atoms with Crippen LogP contribution in [0.5, 0.6) is 0 Å². The Hall–Kier alpha value is -2.26. The maximum Gasteiger partial charge on any atom is 0.264 e. The Morgan fingerprint density at radius 2 is 1.75 bits per heavy atom. The first-order valence-electron chi connectivity index (χ1n) is 9.62. The maximum absolute atomic E-state index is 13.4. The van der Waals surface area contributed by atoms with Gasteiger partial charge in [-0.25, -0.2) is 13.4 Å². The zero-order valence-corrected chi connectivity index (χ0v) is 20.3. The first-order chi connectivity index (χ1) is 15.3. The molecule has 0 saturated carbocycles. The zero-order chi connectivity index (χ0) is 23.1. The third kappa shape index (κ3) is 6.62. The van der Waals surface area contributed by atoms with Crippen LogP contribution in [0.3, 0.4) is 0 Å². The van der Waals surface area contributed by atoms with Crippen LogP contribution in [0.1, 0.15) is 5.56 Å². The lowest BCUT2D eigenvalue weighted by Crippen LogP contribution is -2.41. The molecular formula is C22H21Cl2N3O3S2. The summed E-state index contributed by atoms with van der Waals surface area (Å²) >= 11 is 13.7. The number of carbonyl (C=O) groups is 1. The molecule has 1 amide bonds. The largest absolute Gasteiger partial charge is 0.354 e. The number of aryl methyl sites for hydroxylation is 1. The number of carbonyl (C=O) groups excluding carboxylic acids is 1. The topological polar surface area (TPSA) is 79.4 Å². The molecule has 3 aromatic rings. The Bertz CT molecular complexity index is 1150. The molecule has 0 atom stereocenters. The SMILES string of the molecule is Cc1ccc(S(=O)(=O)N(CC(=O)NCCSc2ccccn2)c2cc(Cl)cc(Cl)c2)cc1. The van der Waals surface area contributed by atoms with E-state index in [-0.39, 0.29) is 20.6 Å². The fourth-order valence-corrected chi connectivity index (χ4v) is 5.44. The van der Waals surface area contributed by atoms with E-state index in [1.165, 1.54) is 42.1 Å². The average Bonchev–Trinajstić information content (AvgIpc) is 2.75. The number of nitrogens with zero attached hydrogens (tertiary/aromatic N) is 2. The van der Waals surface area contributed by atoms with Gasteiger partial charge < -0.3 is 5.32 Å². The number of hydrogen-bond acceptors (Lipinski definition) is 5. The van der Waals surface area contributed by atoms with Crippen molar-refractivity contribution in [2.75, 3.05) is 23.1 Å². The van der Waals surface area contributed by atoms with Crippen molar-refractivity contribution < 1.29 is 13.2 Å². The van der Waals surface area contributed by atoms with Crippen LogP contribution in [0.2, 0.25) is 10.0 Å². The highest BCUT2D eigenvalue weighted by Crippen LogP contribution is 2.29. The molecule has 6 nitrogen and oxygen atoms in total. The molecule has 0 aliphatic carbocycles. The molecule has 32 heavy (non-hydrogen) atoms. The molecule has 168 valence electrons. The lowest BCUT2D eigenvalue weighted by atomic mass is 10.2. The van der Waals surface area contributed by atoms with Crippen LogP contribution in [-0.4, -0.2) is 38.2 Å². The van der Waals surface area contributed by atoms with Gasteiger partial charge in [0.2, 0.25) is 5.91 Å². The van der Waals surface area contributed by atoms with Gasteiger partial charge in [0.15, 0.2) is 0 Å². The van der Waals surface area contributed by atoms with Gasteiger partial charge in [-0.1, -0.05) is 47.0 Å². The third-order valence-electron chi connectivity index (χ3n) is 4.34. The molecule has 1 aromatic heterocycles. The van der Waals surface area contributed by atoms with Crippen molar-refractivity contribution in [1.82, 2.24) is 10.3 Å². The molecule has 2 aromatic carbocycles. The summed E-state index contributed by atoms with van der Waals surface area (Å²) in [4.78, 5) is 16.9. The number of sulfonamides is 1. The van der Waals surface area contributed by atoms with Gasteiger partial charge in [0.1, 0.15) is 6.54 Å². The van der Waals surface area contributed by atoms with Crippen LogP contribution in [0.25, 0.3) is 0 Å². The number of thioether (sulfide) groups is 1. The Morgan fingerprint density at radius 1 is 1.06 bits per heavy atom. The summed E-state index contributed by atoms with van der Waals surface area (Å²) < 4.78 is 27.7. The van der Waals surface area contributed by atoms with Crippen molar-refractivity contribution in [1.29, 1.82) is 0 Å². The Balaban J connectivity index is 1.76. The lowest BCUT2D eigenvalue weighted by Gasteiger charge is -2.24. The summed E-state index contributed by atoms with van der Waals surface area (Å²) in [6.45, 7) is 1.80. The molecule has 3 rings (SSSR count). The fraction of sp³-hybridized carbons (Fsp3) is 0.182. The second kappa shape index (κ2) is 11.0. The van der Waals surface area contributed by atoms with E-state index >= 15 is 0 Å². The van der Waals surface area contributed by atoms with Crippen molar-refractivity contribution in [2.24, 2.45) is 0 Å². The first-order valence-corrected chi connectivity index (χ1v) is 12.8. The molecule has 0 fully saturated rings. The smallest absolute Gasteiger partial charge is 0.264 e. The Morgan fingerprint density at radius 3 is 2.38 bits per heavy atom. The van der Waals surface area contributed by atoms with Crippen LogP contribution in [0, 0.1) is 6.92 Å². The number of anilines is 1. The molecule has 1 N–H and O–H groups in total. The molecule has 0 aliphatic heterocycles. The molecule has 0 radical (unpaired) electrons. The van der Waals surface area contributed by atoms with Crippen molar-refractivity contribution in [3.63, 3.8) is 0 Å². The average molecular weight is 510 g/mol. The standard InChI is InChI=1S/C22H21Cl2N3O3S2/c1-16-5-7-20(8-6-16)32(29,30)27(19-13-17(23)12-18(24)14-19)15-21(28)25-10-11-31-22-4-2-3-9-26-22/h2-9,12-14H,10-11,15H2,1H3,(H,25,28). The van der Waals surface area contributed by atoms with E-state index in [0.29, 0.717) is 12.3 Å². The molecule has 1 heterocycles. The summed E-state index contributed by atoms with van der Waals surface area (Å²) in [6, 6.07) is 16.4. The van der Waals surface area contributed by atoms with Crippen LogP contribution < -0.4 is 9.62 Å². The molecule has 0 saturated heterocycles. The van der Waals surface area contributed by atoms with Gasteiger partial charge in [0.05, 0.1) is 15.6 Å². The molecule has 0 aliphatic rings. The highest BCUT2D eigenvalue weighted by atomic mass is 35.5. The highest BCUT2D eigenvalue weighted by molar-refractivity contribution is 7.99. The van der Waals surface area contributed by atoms with Gasteiger partial charge in [-0.2, -0.15) is 0 Å². The van der Waals surface area contributed by atoms with E-state index < -0.39 is 22.5 Å². The summed E-state index contributed by atoms with van der Waals surface area (Å²) in [6.07, 6.45) is 1.70. The minimum atomic E-state index is -4.03. The minimum Gasteiger partial charge on any atom is -0.354 e. The van der Waals surface area contributed by atoms with Crippen LogP contribution in [-0.2, 0) is 14.8 Å². The number of rotatable bonds is 9. The van der Waals surface area contributed by atoms with Crippen LogP contribution >= 0.6 is 35.0 Å². The van der Waals surface area contributed by atoms with E-state index in [4.69, 9.17) is 23.2 Å². The number of nitrogens with one attached hydrogen (secondary N) is 1. The maximum atomic E-state index is 13.4. The molecule has 0 spiro atoms. The van der Waals surface area contributed by atoms with Gasteiger partial charge in [-0.15, -0.1) is 11.8 Å². The predicted octanol–water partition coefficient (Wildman–Crippen LogP) is 4.80. The van der Waals surface area contributed by atoms with E-state index in [2.05, 4.69) is 10.3 Å². The quantitative estimate of drug-likeness (QED) is 0.331.